The minimum atomic E-state index is -0.0443. The molecule has 0 atom stereocenters. The highest BCUT2D eigenvalue weighted by molar-refractivity contribution is 5.97. The number of hydrogen-bond donors (Lipinski definition) is 0. The number of benzene rings is 2. The first-order chi connectivity index (χ1) is 15.1. The van der Waals surface area contributed by atoms with Gasteiger partial charge in [-0.2, -0.15) is 5.10 Å². The molecular weight excluding hydrogens is 386 g/mol. The van der Waals surface area contributed by atoms with Crippen LogP contribution in [0, 0.1) is 0 Å². The third-order valence-corrected chi connectivity index (χ3v) is 5.38. The molecule has 0 N–H and O–H groups in total. The number of carbonyl (C=O) groups is 1. The molecule has 6 nitrogen and oxygen atoms in total. The molecule has 0 saturated carbocycles. The number of hydrogen-bond acceptors (Lipinski definition) is 4. The summed E-state index contributed by atoms with van der Waals surface area (Å²) in [5, 5.41) is 4.43. The van der Waals surface area contributed by atoms with E-state index in [1.54, 1.807) is 4.90 Å². The Morgan fingerprint density at radius 3 is 2.35 bits per heavy atom. The van der Waals surface area contributed by atoms with Gasteiger partial charge in [-0.25, -0.2) is 9.97 Å². The Morgan fingerprint density at radius 1 is 0.935 bits per heavy atom. The number of carbonyl (C=O) groups excluding carboxylic acids is 1. The molecule has 1 amide bonds. The van der Waals surface area contributed by atoms with Gasteiger partial charge in [-0.3, -0.25) is 9.48 Å². The van der Waals surface area contributed by atoms with Crippen LogP contribution >= 0.6 is 0 Å². The molecule has 0 bridgehead atoms. The van der Waals surface area contributed by atoms with E-state index in [1.165, 1.54) is 5.56 Å². The molecule has 0 saturated heterocycles. The molecule has 158 valence electrons. The molecule has 2 aromatic heterocycles. The summed E-state index contributed by atoms with van der Waals surface area (Å²) in [4.78, 5) is 24.2. The molecule has 4 aromatic rings. The van der Waals surface area contributed by atoms with Crippen LogP contribution in [0.1, 0.15) is 46.7 Å². The summed E-state index contributed by atoms with van der Waals surface area (Å²) in [5.74, 6) is -0.0443. The Balaban J connectivity index is 1.48. The van der Waals surface area contributed by atoms with Crippen molar-refractivity contribution in [2.75, 3.05) is 7.05 Å². The van der Waals surface area contributed by atoms with Gasteiger partial charge in [0.1, 0.15) is 0 Å². The Kier molecular flexibility index (Phi) is 6.07. The van der Waals surface area contributed by atoms with Crippen molar-refractivity contribution in [2.45, 2.75) is 39.8 Å². The van der Waals surface area contributed by atoms with Crippen LogP contribution in [-0.4, -0.2) is 37.6 Å². The van der Waals surface area contributed by atoms with E-state index in [0.29, 0.717) is 18.7 Å². The maximum Gasteiger partial charge on any atom is 0.253 e. The molecule has 0 aliphatic rings. The fourth-order valence-electron chi connectivity index (χ4n) is 3.74. The summed E-state index contributed by atoms with van der Waals surface area (Å²) in [6, 6.07) is 15.8. The van der Waals surface area contributed by atoms with Crippen molar-refractivity contribution >= 4 is 16.9 Å². The summed E-state index contributed by atoms with van der Waals surface area (Å²) in [7, 11) is 1.81. The van der Waals surface area contributed by atoms with Crippen LogP contribution in [-0.2, 0) is 25.9 Å². The lowest BCUT2D eigenvalue weighted by molar-refractivity contribution is 0.0785. The zero-order chi connectivity index (χ0) is 21.8. The van der Waals surface area contributed by atoms with Crippen LogP contribution in [0.5, 0.6) is 0 Å². The minimum absolute atomic E-state index is 0.0443. The summed E-state index contributed by atoms with van der Waals surface area (Å²) < 4.78 is 1.90. The smallest absolute Gasteiger partial charge is 0.253 e. The first-order valence-electron chi connectivity index (χ1n) is 10.7. The van der Waals surface area contributed by atoms with Gasteiger partial charge in [-0.05, 0) is 36.6 Å². The van der Waals surface area contributed by atoms with Crippen molar-refractivity contribution in [1.29, 1.82) is 0 Å². The SMILES string of the molecule is CCc1nc2ccc(C(=O)N(C)Cc3cnn(Cc4ccccc4)c3)cc2nc1CC. The van der Waals surface area contributed by atoms with E-state index in [1.807, 2.05) is 60.5 Å². The van der Waals surface area contributed by atoms with Gasteiger partial charge >= 0.3 is 0 Å². The van der Waals surface area contributed by atoms with Crippen LogP contribution in [0.25, 0.3) is 11.0 Å². The van der Waals surface area contributed by atoms with Gasteiger partial charge < -0.3 is 4.90 Å². The van der Waals surface area contributed by atoms with Crippen LogP contribution in [0.2, 0.25) is 0 Å². The highest BCUT2D eigenvalue weighted by Gasteiger charge is 2.15. The predicted molar refractivity (Wildman–Crippen MR) is 122 cm³/mol. The second-order valence-electron chi connectivity index (χ2n) is 7.72. The topological polar surface area (TPSA) is 63.9 Å². The summed E-state index contributed by atoms with van der Waals surface area (Å²) >= 11 is 0. The van der Waals surface area contributed by atoms with Crippen LogP contribution in [0.4, 0.5) is 0 Å². The zero-order valence-corrected chi connectivity index (χ0v) is 18.2. The molecular formula is C25H27N5O. The van der Waals surface area contributed by atoms with E-state index in [4.69, 9.17) is 9.97 Å². The molecule has 0 aliphatic carbocycles. The first-order valence-corrected chi connectivity index (χ1v) is 10.7. The number of fused-ring (bicyclic) bond motifs is 1. The number of rotatable bonds is 7. The summed E-state index contributed by atoms with van der Waals surface area (Å²) in [6.45, 7) is 5.37. The highest BCUT2D eigenvalue weighted by Crippen LogP contribution is 2.18. The maximum absolute atomic E-state index is 13.0. The fourth-order valence-corrected chi connectivity index (χ4v) is 3.74. The lowest BCUT2D eigenvalue weighted by Crippen LogP contribution is -2.26. The maximum atomic E-state index is 13.0. The van der Waals surface area contributed by atoms with Gasteiger partial charge in [-0.1, -0.05) is 44.2 Å². The van der Waals surface area contributed by atoms with Crippen molar-refractivity contribution in [1.82, 2.24) is 24.6 Å². The van der Waals surface area contributed by atoms with Gasteiger partial charge in [-0.15, -0.1) is 0 Å². The fraction of sp³-hybridized carbons (Fsp3) is 0.280. The van der Waals surface area contributed by atoms with E-state index in [2.05, 4.69) is 31.1 Å². The Bertz CT molecular complexity index is 1200. The number of aryl methyl sites for hydroxylation is 2. The number of amides is 1. The predicted octanol–water partition coefficient (Wildman–Crippen LogP) is 4.27. The van der Waals surface area contributed by atoms with Gasteiger partial charge in [0, 0.05) is 30.9 Å². The van der Waals surface area contributed by atoms with Crippen molar-refractivity contribution in [2.24, 2.45) is 0 Å². The lowest BCUT2D eigenvalue weighted by Gasteiger charge is -2.16. The van der Waals surface area contributed by atoms with E-state index >= 15 is 0 Å². The molecule has 4 rings (SSSR count). The average molecular weight is 414 g/mol. The molecule has 0 spiro atoms. The standard InChI is InChI=1S/C25H27N5O/c1-4-21-22(5-2)28-24-13-20(11-12-23(24)27-21)25(31)29(3)15-19-14-26-30(17-19)16-18-9-7-6-8-10-18/h6-14,17H,4-5,15-16H2,1-3H3. The third-order valence-electron chi connectivity index (χ3n) is 5.38. The third kappa shape index (κ3) is 4.63. The molecule has 6 heteroatoms. The van der Waals surface area contributed by atoms with Gasteiger partial charge in [0.25, 0.3) is 5.91 Å². The normalized spacial score (nSPS) is 11.1. The molecule has 31 heavy (non-hydrogen) atoms. The highest BCUT2D eigenvalue weighted by atomic mass is 16.2. The molecule has 0 aliphatic heterocycles. The van der Waals surface area contributed by atoms with Gasteiger partial charge in [0.2, 0.25) is 0 Å². The van der Waals surface area contributed by atoms with Crippen molar-refractivity contribution in [3.05, 3.63) is 89.0 Å². The average Bonchev–Trinajstić information content (AvgIpc) is 3.24. The van der Waals surface area contributed by atoms with E-state index in [0.717, 1.165) is 40.8 Å². The zero-order valence-electron chi connectivity index (χ0n) is 18.2. The van der Waals surface area contributed by atoms with Crippen molar-refractivity contribution in [3.8, 4) is 0 Å². The van der Waals surface area contributed by atoms with E-state index in [9.17, 15) is 4.79 Å². The molecule has 2 aromatic carbocycles. The van der Waals surface area contributed by atoms with Gasteiger partial charge in [0.15, 0.2) is 0 Å². The minimum Gasteiger partial charge on any atom is -0.337 e. The Labute approximate surface area is 182 Å². The van der Waals surface area contributed by atoms with Gasteiger partial charge in [0.05, 0.1) is 35.2 Å². The quantitative estimate of drug-likeness (QED) is 0.454. The monoisotopic (exact) mass is 413 g/mol. The summed E-state index contributed by atoms with van der Waals surface area (Å²) in [5.41, 5.74) is 6.42. The molecule has 0 radical (unpaired) electrons. The Morgan fingerprint density at radius 2 is 1.65 bits per heavy atom. The molecule has 0 fully saturated rings. The second kappa shape index (κ2) is 9.08. The second-order valence-corrected chi connectivity index (χ2v) is 7.72. The number of nitrogens with zero attached hydrogens (tertiary/aromatic N) is 5. The van der Waals surface area contributed by atoms with E-state index in [-0.39, 0.29) is 5.91 Å². The largest absolute Gasteiger partial charge is 0.337 e. The summed E-state index contributed by atoms with van der Waals surface area (Å²) in [6.07, 6.45) is 5.49. The number of aromatic nitrogens is 4. The Hall–Kier alpha value is -3.54. The van der Waals surface area contributed by atoms with Crippen LogP contribution < -0.4 is 0 Å². The lowest BCUT2D eigenvalue weighted by atomic mass is 10.1. The first kappa shape index (κ1) is 20.7. The molecule has 2 heterocycles. The van der Waals surface area contributed by atoms with Crippen LogP contribution in [0.15, 0.2) is 60.9 Å². The van der Waals surface area contributed by atoms with E-state index < -0.39 is 0 Å². The van der Waals surface area contributed by atoms with Crippen LogP contribution in [0.3, 0.4) is 0 Å². The molecule has 0 unspecified atom stereocenters. The van der Waals surface area contributed by atoms with Crippen molar-refractivity contribution < 1.29 is 4.79 Å². The van der Waals surface area contributed by atoms with Crippen molar-refractivity contribution in [3.63, 3.8) is 0 Å².